The van der Waals surface area contributed by atoms with E-state index in [0.717, 1.165) is 5.56 Å². The van der Waals surface area contributed by atoms with Crippen molar-refractivity contribution in [1.29, 1.82) is 5.26 Å². The van der Waals surface area contributed by atoms with Crippen LogP contribution < -0.4 is 9.04 Å². The van der Waals surface area contributed by atoms with Crippen molar-refractivity contribution in [2.75, 3.05) is 18.5 Å². The molecule has 29 heavy (non-hydrogen) atoms. The molecule has 0 amide bonds. The number of anilines is 1. The number of ether oxygens (including phenoxy) is 1. The number of nitriles is 1. The molecule has 0 radical (unpaired) electrons. The van der Waals surface area contributed by atoms with Crippen molar-refractivity contribution in [2.24, 2.45) is 0 Å². The fraction of sp³-hybridized carbons (Fsp3) is 0.136. The first-order valence-corrected chi connectivity index (χ1v) is 10.2. The molecule has 148 valence electrons. The maximum Gasteiger partial charge on any atom is 0.264 e. The van der Waals surface area contributed by atoms with E-state index < -0.39 is 15.8 Å². The monoisotopic (exact) mass is 410 g/mol. The van der Waals surface area contributed by atoms with Crippen LogP contribution in [0.25, 0.3) is 11.1 Å². The Bertz CT molecular complexity index is 1200. The van der Waals surface area contributed by atoms with Crippen molar-refractivity contribution in [3.8, 4) is 22.9 Å². The molecule has 0 fully saturated rings. The van der Waals surface area contributed by atoms with Crippen LogP contribution in [-0.4, -0.2) is 22.6 Å². The highest BCUT2D eigenvalue weighted by molar-refractivity contribution is 7.92. The Hall–Kier alpha value is -3.37. The molecule has 0 bridgehead atoms. The Morgan fingerprint density at radius 1 is 1.03 bits per heavy atom. The molecule has 5 nitrogen and oxygen atoms in total. The predicted molar refractivity (Wildman–Crippen MR) is 110 cm³/mol. The van der Waals surface area contributed by atoms with E-state index in [1.807, 2.05) is 6.92 Å². The van der Waals surface area contributed by atoms with E-state index in [0.29, 0.717) is 22.6 Å². The summed E-state index contributed by atoms with van der Waals surface area (Å²) in [5.41, 5.74) is 2.50. The molecule has 0 N–H and O–H groups in total. The number of methoxy groups -OCH3 is 1. The summed E-state index contributed by atoms with van der Waals surface area (Å²) < 4.78 is 46.3. The standard InChI is InChI=1S/C22H19FN2O3S/c1-15-4-7-18(13-21(15)16-5-6-17(14-24)22(23)12-16)25(2)29(26,27)20-10-8-19(28-3)9-11-20/h4-13H,1-3H3. The SMILES string of the molecule is COc1ccc(S(=O)(=O)N(C)c2ccc(C)c(-c3ccc(C#N)c(F)c3)c2)cc1. The molecular formula is C22H19FN2O3S. The second kappa shape index (κ2) is 7.94. The smallest absolute Gasteiger partial charge is 0.264 e. The highest BCUT2D eigenvalue weighted by Crippen LogP contribution is 2.31. The summed E-state index contributed by atoms with van der Waals surface area (Å²) in [7, 11) is -0.812. The molecule has 0 aliphatic carbocycles. The van der Waals surface area contributed by atoms with E-state index in [9.17, 15) is 12.8 Å². The van der Waals surface area contributed by atoms with E-state index in [2.05, 4.69) is 0 Å². The average molecular weight is 410 g/mol. The molecule has 3 aromatic carbocycles. The van der Waals surface area contributed by atoms with Crippen LogP contribution >= 0.6 is 0 Å². The number of hydrogen-bond acceptors (Lipinski definition) is 4. The van der Waals surface area contributed by atoms with Gasteiger partial charge >= 0.3 is 0 Å². The molecular weight excluding hydrogens is 391 g/mol. The fourth-order valence-corrected chi connectivity index (χ4v) is 4.12. The van der Waals surface area contributed by atoms with Gasteiger partial charge in [-0.15, -0.1) is 0 Å². The van der Waals surface area contributed by atoms with Gasteiger partial charge in [0.25, 0.3) is 10.0 Å². The van der Waals surface area contributed by atoms with E-state index >= 15 is 0 Å². The number of hydrogen-bond donors (Lipinski definition) is 0. The molecule has 0 spiro atoms. The largest absolute Gasteiger partial charge is 0.497 e. The van der Waals surface area contributed by atoms with Gasteiger partial charge in [0.1, 0.15) is 17.6 Å². The Morgan fingerprint density at radius 3 is 2.31 bits per heavy atom. The Kier molecular flexibility index (Phi) is 5.57. The highest BCUT2D eigenvalue weighted by atomic mass is 32.2. The third kappa shape index (κ3) is 3.93. The van der Waals surface area contributed by atoms with Crippen molar-refractivity contribution in [3.63, 3.8) is 0 Å². The van der Waals surface area contributed by atoms with Crippen molar-refractivity contribution < 1.29 is 17.5 Å². The molecule has 0 saturated heterocycles. The van der Waals surface area contributed by atoms with Crippen LogP contribution in [0.15, 0.2) is 65.6 Å². The summed E-state index contributed by atoms with van der Waals surface area (Å²) in [5.74, 6) is -0.0546. The molecule has 3 aromatic rings. The summed E-state index contributed by atoms with van der Waals surface area (Å²) in [6.07, 6.45) is 0. The highest BCUT2D eigenvalue weighted by Gasteiger charge is 2.22. The van der Waals surface area contributed by atoms with Gasteiger partial charge in [-0.1, -0.05) is 12.1 Å². The van der Waals surface area contributed by atoms with Gasteiger partial charge in [0, 0.05) is 7.05 Å². The summed E-state index contributed by atoms with van der Waals surface area (Å²) in [6.45, 7) is 1.85. The third-order valence-electron chi connectivity index (χ3n) is 4.70. The minimum Gasteiger partial charge on any atom is -0.497 e. The molecule has 0 heterocycles. The maximum absolute atomic E-state index is 14.1. The number of nitrogens with zero attached hydrogens (tertiary/aromatic N) is 2. The van der Waals surface area contributed by atoms with E-state index in [1.54, 1.807) is 42.5 Å². The van der Waals surface area contributed by atoms with Gasteiger partial charge in [-0.3, -0.25) is 4.31 Å². The van der Waals surface area contributed by atoms with E-state index in [4.69, 9.17) is 10.00 Å². The summed E-state index contributed by atoms with van der Waals surface area (Å²) >= 11 is 0. The van der Waals surface area contributed by atoms with Crippen LogP contribution in [0.3, 0.4) is 0 Å². The first kappa shape index (κ1) is 20.4. The van der Waals surface area contributed by atoms with Crippen LogP contribution in [-0.2, 0) is 10.0 Å². The Labute approximate surface area is 169 Å². The lowest BCUT2D eigenvalue weighted by Crippen LogP contribution is -2.26. The number of sulfonamides is 1. The first-order chi connectivity index (χ1) is 13.8. The minimum absolute atomic E-state index is 0.0400. The van der Waals surface area contributed by atoms with Crippen molar-refractivity contribution in [2.45, 2.75) is 11.8 Å². The van der Waals surface area contributed by atoms with Gasteiger partial charge in [0.2, 0.25) is 0 Å². The van der Waals surface area contributed by atoms with Gasteiger partial charge in [-0.2, -0.15) is 5.26 Å². The normalized spacial score (nSPS) is 11.0. The van der Waals surface area contributed by atoms with Gasteiger partial charge < -0.3 is 4.74 Å². The molecule has 3 rings (SSSR count). The second-order valence-corrected chi connectivity index (χ2v) is 8.42. The van der Waals surface area contributed by atoms with Crippen molar-refractivity contribution in [3.05, 3.63) is 77.6 Å². The van der Waals surface area contributed by atoms with Crippen molar-refractivity contribution in [1.82, 2.24) is 0 Å². The van der Waals surface area contributed by atoms with Crippen LogP contribution in [0.2, 0.25) is 0 Å². The van der Waals surface area contributed by atoms with Gasteiger partial charge in [0.15, 0.2) is 0 Å². The molecule has 0 atom stereocenters. The molecule has 0 aliphatic rings. The lowest BCUT2D eigenvalue weighted by molar-refractivity contribution is 0.414. The predicted octanol–water partition coefficient (Wildman–Crippen LogP) is 4.51. The van der Waals surface area contributed by atoms with Crippen LogP contribution in [0.1, 0.15) is 11.1 Å². The number of halogens is 1. The number of aryl methyl sites for hydroxylation is 1. The Morgan fingerprint density at radius 2 is 1.72 bits per heavy atom. The quantitative estimate of drug-likeness (QED) is 0.621. The lowest BCUT2D eigenvalue weighted by Gasteiger charge is -2.21. The number of benzene rings is 3. The summed E-state index contributed by atoms with van der Waals surface area (Å²) in [4.78, 5) is 0.132. The van der Waals surface area contributed by atoms with Crippen LogP contribution in [0.4, 0.5) is 10.1 Å². The zero-order valence-electron chi connectivity index (χ0n) is 16.2. The zero-order chi connectivity index (χ0) is 21.2. The summed E-state index contributed by atoms with van der Waals surface area (Å²) in [6, 6.07) is 17.4. The minimum atomic E-state index is -3.79. The van der Waals surface area contributed by atoms with E-state index in [-0.39, 0.29) is 10.5 Å². The van der Waals surface area contributed by atoms with Crippen LogP contribution in [0.5, 0.6) is 5.75 Å². The van der Waals surface area contributed by atoms with Gasteiger partial charge in [-0.05, 0) is 72.1 Å². The van der Waals surface area contributed by atoms with Gasteiger partial charge in [-0.25, -0.2) is 12.8 Å². The molecule has 0 aromatic heterocycles. The topological polar surface area (TPSA) is 70.4 Å². The van der Waals surface area contributed by atoms with Crippen molar-refractivity contribution >= 4 is 15.7 Å². The van der Waals surface area contributed by atoms with Crippen LogP contribution in [0, 0.1) is 24.1 Å². The number of rotatable bonds is 5. The maximum atomic E-state index is 14.1. The zero-order valence-corrected chi connectivity index (χ0v) is 17.0. The molecule has 0 unspecified atom stereocenters. The average Bonchev–Trinajstić information content (AvgIpc) is 2.73. The van der Waals surface area contributed by atoms with Gasteiger partial charge in [0.05, 0.1) is 23.3 Å². The summed E-state index contributed by atoms with van der Waals surface area (Å²) in [5, 5.41) is 8.91. The van der Waals surface area contributed by atoms with E-state index in [1.165, 1.54) is 42.7 Å². The molecule has 7 heteroatoms. The molecule has 0 aliphatic heterocycles. The second-order valence-electron chi connectivity index (χ2n) is 6.45. The fourth-order valence-electron chi connectivity index (χ4n) is 2.93. The third-order valence-corrected chi connectivity index (χ3v) is 6.50. The lowest BCUT2D eigenvalue weighted by atomic mass is 9.98. The Balaban J connectivity index is 2.02. The molecule has 0 saturated carbocycles. The first-order valence-electron chi connectivity index (χ1n) is 8.71.